The molecule has 0 aliphatic heterocycles. The van der Waals surface area contributed by atoms with Gasteiger partial charge in [0.2, 0.25) is 0 Å². The number of benzene rings is 1. The summed E-state index contributed by atoms with van der Waals surface area (Å²) < 4.78 is 7.31. The summed E-state index contributed by atoms with van der Waals surface area (Å²) in [6, 6.07) is 4.15. The van der Waals surface area contributed by atoms with Gasteiger partial charge >= 0.3 is 0 Å². The molecule has 2 aromatic rings. The fourth-order valence-electron chi connectivity index (χ4n) is 1.54. The molecule has 0 bridgehead atoms. The largest absolute Gasteiger partial charge is 0.495 e. The van der Waals surface area contributed by atoms with Crippen molar-refractivity contribution in [1.29, 1.82) is 0 Å². The Morgan fingerprint density at radius 3 is 2.53 bits per heavy atom. The molecule has 3 nitrogen and oxygen atoms in total. The fourth-order valence-corrected chi connectivity index (χ4v) is 1.54. The van der Waals surface area contributed by atoms with E-state index >= 15 is 0 Å². The first-order valence-electron chi connectivity index (χ1n) is 4.86. The van der Waals surface area contributed by atoms with E-state index in [-0.39, 0.29) is 0 Å². The highest BCUT2D eigenvalue weighted by molar-refractivity contribution is 5.51. The first kappa shape index (κ1) is 9.77. The normalized spacial score (nSPS) is 10.3. The van der Waals surface area contributed by atoms with Gasteiger partial charge in [-0.05, 0) is 37.1 Å². The summed E-state index contributed by atoms with van der Waals surface area (Å²) in [6.07, 6.45) is 5.44. The summed E-state index contributed by atoms with van der Waals surface area (Å²) in [5.41, 5.74) is 3.51. The standard InChI is InChI=1S/C12H14N2O/c1-9-6-11(14-5-4-13-8-14)12(15-3)7-10(9)2/h4-8H,1-3H3. The summed E-state index contributed by atoms with van der Waals surface area (Å²) in [4.78, 5) is 4.03. The Kier molecular flexibility index (Phi) is 2.46. The molecule has 0 saturated heterocycles. The minimum absolute atomic E-state index is 0.871. The second-order valence-corrected chi connectivity index (χ2v) is 3.58. The van der Waals surface area contributed by atoms with Crippen molar-refractivity contribution in [2.24, 2.45) is 0 Å². The molecule has 1 aromatic heterocycles. The van der Waals surface area contributed by atoms with E-state index in [1.807, 2.05) is 16.8 Å². The lowest BCUT2D eigenvalue weighted by Crippen LogP contribution is -1.97. The van der Waals surface area contributed by atoms with Gasteiger partial charge < -0.3 is 9.30 Å². The predicted octanol–water partition coefficient (Wildman–Crippen LogP) is 2.50. The molecule has 0 amide bonds. The Bertz CT molecular complexity index is 461. The van der Waals surface area contributed by atoms with Crippen LogP contribution in [0, 0.1) is 13.8 Å². The zero-order valence-electron chi connectivity index (χ0n) is 9.19. The SMILES string of the molecule is COc1cc(C)c(C)cc1-n1ccnc1. The summed E-state index contributed by atoms with van der Waals surface area (Å²) in [5.74, 6) is 0.871. The quantitative estimate of drug-likeness (QED) is 0.748. The maximum atomic E-state index is 5.36. The van der Waals surface area contributed by atoms with E-state index in [9.17, 15) is 0 Å². The molecule has 0 radical (unpaired) electrons. The maximum Gasteiger partial charge on any atom is 0.143 e. The van der Waals surface area contributed by atoms with Crippen LogP contribution in [0.1, 0.15) is 11.1 Å². The molecule has 0 spiro atoms. The van der Waals surface area contributed by atoms with Gasteiger partial charge in [-0.3, -0.25) is 0 Å². The van der Waals surface area contributed by atoms with Crippen molar-refractivity contribution >= 4 is 0 Å². The molecule has 0 atom stereocenters. The van der Waals surface area contributed by atoms with E-state index < -0.39 is 0 Å². The molecule has 0 saturated carbocycles. The number of aryl methyl sites for hydroxylation is 2. The third-order valence-corrected chi connectivity index (χ3v) is 2.58. The molecule has 78 valence electrons. The number of nitrogens with zero attached hydrogens (tertiary/aromatic N) is 2. The molecule has 2 rings (SSSR count). The second kappa shape index (κ2) is 3.77. The highest BCUT2D eigenvalue weighted by Crippen LogP contribution is 2.26. The van der Waals surface area contributed by atoms with E-state index in [4.69, 9.17) is 4.74 Å². The van der Waals surface area contributed by atoms with Gasteiger partial charge in [-0.2, -0.15) is 0 Å². The minimum atomic E-state index is 0.871. The van der Waals surface area contributed by atoms with E-state index in [1.165, 1.54) is 11.1 Å². The second-order valence-electron chi connectivity index (χ2n) is 3.58. The highest BCUT2D eigenvalue weighted by Gasteiger charge is 2.06. The number of aromatic nitrogens is 2. The molecule has 3 heteroatoms. The molecule has 0 aliphatic carbocycles. The van der Waals surface area contributed by atoms with Crippen molar-refractivity contribution in [3.63, 3.8) is 0 Å². The van der Waals surface area contributed by atoms with Crippen molar-refractivity contribution in [2.75, 3.05) is 7.11 Å². The van der Waals surface area contributed by atoms with Crippen LogP contribution >= 0.6 is 0 Å². The smallest absolute Gasteiger partial charge is 0.143 e. The van der Waals surface area contributed by atoms with E-state index in [1.54, 1.807) is 19.6 Å². The Hall–Kier alpha value is -1.77. The third-order valence-electron chi connectivity index (χ3n) is 2.58. The van der Waals surface area contributed by atoms with Gasteiger partial charge in [0.05, 0.1) is 19.1 Å². The molecular weight excluding hydrogens is 188 g/mol. The molecular formula is C12H14N2O. The fraction of sp³-hybridized carbons (Fsp3) is 0.250. The highest BCUT2D eigenvalue weighted by atomic mass is 16.5. The van der Waals surface area contributed by atoms with Crippen LogP contribution in [0.2, 0.25) is 0 Å². The van der Waals surface area contributed by atoms with Crippen LogP contribution in [0.3, 0.4) is 0 Å². The van der Waals surface area contributed by atoms with Crippen LogP contribution in [-0.4, -0.2) is 16.7 Å². The molecule has 0 N–H and O–H groups in total. The van der Waals surface area contributed by atoms with Gasteiger partial charge in [-0.1, -0.05) is 0 Å². The van der Waals surface area contributed by atoms with Gasteiger partial charge in [-0.15, -0.1) is 0 Å². The number of rotatable bonds is 2. The van der Waals surface area contributed by atoms with Crippen LogP contribution in [0.4, 0.5) is 0 Å². The molecule has 1 heterocycles. The lowest BCUT2D eigenvalue weighted by molar-refractivity contribution is 0.412. The first-order chi connectivity index (χ1) is 7.22. The Balaban J connectivity index is 2.60. The van der Waals surface area contributed by atoms with Gasteiger partial charge in [0, 0.05) is 12.4 Å². The topological polar surface area (TPSA) is 27.1 Å². The van der Waals surface area contributed by atoms with Crippen molar-refractivity contribution < 1.29 is 4.74 Å². The van der Waals surface area contributed by atoms with Crippen molar-refractivity contribution in [1.82, 2.24) is 9.55 Å². The number of methoxy groups -OCH3 is 1. The number of ether oxygens (including phenoxy) is 1. The van der Waals surface area contributed by atoms with E-state index in [0.717, 1.165) is 11.4 Å². The van der Waals surface area contributed by atoms with Crippen molar-refractivity contribution in [3.8, 4) is 11.4 Å². The zero-order chi connectivity index (χ0) is 10.8. The first-order valence-corrected chi connectivity index (χ1v) is 4.86. The van der Waals surface area contributed by atoms with Gasteiger partial charge in [-0.25, -0.2) is 4.98 Å². The maximum absolute atomic E-state index is 5.36. The summed E-state index contributed by atoms with van der Waals surface area (Å²) in [6.45, 7) is 4.17. The molecule has 0 unspecified atom stereocenters. The Labute approximate surface area is 89.3 Å². The number of hydrogen-bond donors (Lipinski definition) is 0. The van der Waals surface area contributed by atoms with E-state index in [0.29, 0.717) is 0 Å². The van der Waals surface area contributed by atoms with E-state index in [2.05, 4.69) is 24.9 Å². The Morgan fingerprint density at radius 2 is 1.93 bits per heavy atom. The predicted molar refractivity (Wildman–Crippen MR) is 59.6 cm³/mol. The summed E-state index contributed by atoms with van der Waals surface area (Å²) in [5, 5.41) is 0. The summed E-state index contributed by atoms with van der Waals surface area (Å²) >= 11 is 0. The van der Waals surface area contributed by atoms with Crippen molar-refractivity contribution in [2.45, 2.75) is 13.8 Å². The number of imidazole rings is 1. The lowest BCUT2D eigenvalue weighted by atomic mass is 10.1. The van der Waals surface area contributed by atoms with Crippen LogP contribution in [0.15, 0.2) is 30.9 Å². The van der Waals surface area contributed by atoms with Crippen LogP contribution in [-0.2, 0) is 0 Å². The molecule has 1 aromatic carbocycles. The average molecular weight is 202 g/mol. The van der Waals surface area contributed by atoms with Gasteiger partial charge in [0.25, 0.3) is 0 Å². The average Bonchev–Trinajstić information content (AvgIpc) is 2.74. The molecule has 0 fully saturated rings. The Morgan fingerprint density at radius 1 is 1.20 bits per heavy atom. The molecule has 0 aliphatic rings. The monoisotopic (exact) mass is 202 g/mol. The number of hydrogen-bond acceptors (Lipinski definition) is 2. The van der Waals surface area contributed by atoms with Crippen LogP contribution in [0.25, 0.3) is 5.69 Å². The van der Waals surface area contributed by atoms with Gasteiger partial charge in [0.1, 0.15) is 5.75 Å². The van der Waals surface area contributed by atoms with Crippen molar-refractivity contribution in [3.05, 3.63) is 42.0 Å². The zero-order valence-corrected chi connectivity index (χ0v) is 9.19. The third kappa shape index (κ3) is 1.73. The van der Waals surface area contributed by atoms with Crippen LogP contribution in [0.5, 0.6) is 5.75 Å². The molecule has 15 heavy (non-hydrogen) atoms. The lowest BCUT2D eigenvalue weighted by Gasteiger charge is -2.11. The van der Waals surface area contributed by atoms with Gasteiger partial charge in [0.15, 0.2) is 0 Å². The minimum Gasteiger partial charge on any atom is -0.495 e. The summed E-state index contributed by atoms with van der Waals surface area (Å²) in [7, 11) is 1.69. The van der Waals surface area contributed by atoms with Crippen LogP contribution < -0.4 is 4.74 Å².